The zero-order chi connectivity index (χ0) is 16.4. The average Bonchev–Trinajstić information content (AvgIpc) is 2.89. The van der Waals surface area contributed by atoms with Gasteiger partial charge < -0.3 is 9.84 Å². The van der Waals surface area contributed by atoms with Crippen molar-refractivity contribution in [1.29, 1.82) is 0 Å². The molecule has 1 saturated heterocycles. The van der Waals surface area contributed by atoms with Crippen molar-refractivity contribution >= 4 is 16.3 Å². The van der Waals surface area contributed by atoms with E-state index in [2.05, 4.69) is 9.88 Å². The van der Waals surface area contributed by atoms with E-state index < -0.39 is 0 Å². The van der Waals surface area contributed by atoms with Crippen LogP contribution in [0.25, 0.3) is 4.96 Å². The quantitative estimate of drug-likeness (QED) is 0.890. The summed E-state index contributed by atoms with van der Waals surface area (Å²) < 4.78 is 7.00. The lowest BCUT2D eigenvalue weighted by atomic mass is 9.80. The molecular formula is C16H23N3O3S. The van der Waals surface area contributed by atoms with Gasteiger partial charge in [0.1, 0.15) is 0 Å². The third kappa shape index (κ3) is 3.63. The minimum absolute atomic E-state index is 0.0364. The number of aliphatic hydroxyl groups is 1. The van der Waals surface area contributed by atoms with Crippen molar-refractivity contribution in [3.8, 4) is 0 Å². The van der Waals surface area contributed by atoms with Crippen molar-refractivity contribution in [2.24, 2.45) is 5.41 Å². The largest absolute Gasteiger partial charge is 0.396 e. The number of nitrogens with zero attached hydrogens (tertiary/aromatic N) is 3. The highest BCUT2D eigenvalue weighted by Crippen LogP contribution is 2.31. The van der Waals surface area contributed by atoms with Crippen LogP contribution in [-0.2, 0) is 11.3 Å². The van der Waals surface area contributed by atoms with Gasteiger partial charge in [-0.2, -0.15) is 0 Å². The standard InChI is InChI=1S/C16H23N3O3S/c1-12-8-19-14(21)7-13(17-15(19)23-12)9-18(2)10-16(11-20)3-5-22-6-4-16/h7-8,20H,3-6,9-11H2,1-2H3. The highest BCUT2D eigenvalue weighted by molar-refractivity contribution is 7.16. The summed E-state index contributed by atoms with van der Waals surface area (Å²) in [5, 5.41) is 9.80. The molecule has 0 spiro atoms. The molecule has 0 amide bonds. The molecule has 6 nitrogen and oxygen atoms in total. The van der Waals surface area contributed by atoms with Gasteiger partial charge in [-0.15, -0.1) is 11.3 Å². The van der Waals surface area contributed by atoms with E-state index in [1.165, 1.54) is 11.3 Å². The number of rotatable bonds is 5. The Morgan fingerprint density at radius 3 is 2.91 bits per heavy atom. The van der Waals surface area contributed by atoms with Gasteiger partial charge in [0.25, 0.3) is 5.56 Å². The molecule has 0 aromatic carbocycles. The van der Waals surface area contributed by atoms with E-state index in [0.717, 1.165) is 34.9 Å². The fourth-order valence-corrected chi connectivity index (χ4v) is 4.07. The van der Waals surface area contributed by atoms with Crippen LogP contribution in [0.5, 0.6) is 0 Å². The molecule has 1 fully saturated rings. The van der Waals surface area contributed by atoms with Crippen LogP contribution in [0.15, 0.2) is 17.1 Å². The Morgan fingerprint density at radius 1 is 1.48 bits per heavy atom. The predicted octanol–water partition coefficient (Wildman–Crippen LogP) is 1.29. The molecule has 1 N–H and O–H groups in total. The second kappa shape index (κ2) is 6.68. The van der Waals surface area contributed by atoms with Gasteiger partial charge in [-0.25, -0.2) is 4.98 Å². The summed E-state index contributed by atoms with van der Waals surface area (Å²) in [6.07, 6.45) is 3.56. The maximum atomic E-state index is 12.2. The minimum atomic E-state index is -0.105. The molecule has 0 radical (unpaired) electrons. The Bertz CT molecular complexity index is 734. The Labute approximate surface area is 139 Å². The van der Waals surface area contributed by atoms with Crippen molar-refractivity contribution in [3.63, 3.8) is 0 Å². The fraction of sp³-hybridized carbons (Fsp3) is 0.625. The predicted molar refractivity (Wildman–Crippen MR) is 90.0 cm³/mol. The molecule has 126 valence electrons. The molecule has 0 saturated carbocycles. The van der Waals surface area contributed by atoms with Gasteiger partial charge in [-0.05, 0) is 26.8 Å². The van der Waals surface area contributed by atoms with E-state index in [1.807, 2.05) is 20.2 Å². The number of aryl methyl sites for hydroxylation is 1. The van der Waals surface area contributed by atoms with E-state index >= 15 is 0 Å². The van der Waals surface area contributed by atoms with Crippen molar-refractivity contribution in [2.45, 2.75) is 26.3 Å². The number of thiazole rings is 1. The fourth-order valence-electron chi connectivity index (χ4n) is 3.21. The molecule has 0 bridgehead atoms. The van der Waals surface area contributed by atoms with E-state index in [1.54, 1.807) is 10.5 Å². The van der Waals surface area contributed by atoms with Gasteiger partial charge in [-0.3, -0.25) is 14.1 Å². The lowest BCUT2D eigenvalue weighted by Crippen LogP contribution is -2.42. The molecule has 0 atom stereocenters. The van der Waals surface area contributed by atoms with E-state index in [0.29, 0.717) is 19.8 Å². The van der Waals surface area contributed by atoms with Crippen molar-refractivity contribution < 1.29 is 9.84 Å². The molecule has 3 heterocycles. The van der Waals surface area contributed by atoms with Crippen molar-refractivity contribution in [2.75, 3.05) is 33.4 Å². The highest BCUT2D eigenvalue weighted by atomic mass is 32.1. The Morgan fingerprint density at radius 2 is 2.22 bits per heavy atom. The van der Waals surface area contributed by atoms with Crippen molar-refractivity contribution in [1.82, 2.24) is 14.3 Å². The SMILES string of the molecule is Cc1cn2c(=O)cc(CN(C)CC3(CO)CCOCC3)nc2s1. The maximum absolute atomic E-state index is 12.2. The van der Waals surface area contributed by atoms with Crippen LogP contribution < -0.4 is 5.56 Å². The second-order valence-corrected chi connectivity index (χ2v) is 7.74. The zero-order valence-electron chi connectivity index (χ0n) is 13.6. The van der Waals surface area contributed by atoms with E-state index in [-0.39, 0.29) is 17.6 Å². The molecule has 7 heteroatoms. The summed E-state index contributed by atoms with van der Waals surface area (Å²) in [4.78, 5) is 20.7. The monoisotopic (exact) mass is 337 g/mol. The summed E-state index contributed by atoms with van der Waals surface area (Å²) in [5.74, 6) is 0. The first-order valence-corrected chi connectivity index (χ1v) is 8.69. The van der Waals surface area contributed by atoms with Crippen LogP contribution in [-0.4, -0.2) is 52.8 Å². The van der Waals surface area contributed by atoms with Gasteiger partial charge in [0, 0.05) is 48.9 Å². The third-order valence-corrected chi connectivity index (χ3v) is 5.36. The topological polar surface area (TPSA) is 67.1 Å². The number of hydrogen-bond acceptors (Lipinski definition) is 6. The molecule has 0 aliphatic carbocycles. The summed E-state index contributed by atoms with van der Waals surface area (Å²) in [5.41, 5.74) is 0.635. The van der Waals surface area contributed by atoms with Crippen LogP contribution in [0.1, 0.15) is 23.4 Å². The second-order valence-electron chi connectivity index (χ2n) is 6.52. The first-order valence-electron chi connectivity index (χ1n) is 7.87. The van der Waals surface area contributed by atoms with Crippen LogP contribution in [0.3, 0.4) is 0 Å². The third-order valence-electron chi connectivity index (χ3n) is 4.46. The van der Waals surface area contributed by atoms with Crippen LogP contribution in [0, 0.1) is 12.3 Å². The molecular weight excluding hydrogens is 314 g/mol. The molecule has 23 heavy (non-hydrogen) atoms. The average molecular weight is 337 g/mol. The molecule has 3 rings (SSSR count). The number of fused-ring (bicyclic) bond motifs is 1. The summed E-state index contributed by atoms with van der Waals surface area (Å²) in [7, 11) is 2.01. The van der Waals surface area contributed by atoms with Gasteiger partial charge in [0.05, 0.1) is 12.3 Å². The molecule has 1 aliphatic rings. The lowest BCUT2D eigenvalue weighted by molar-refractivity contribution is -0.0319. The van der Waals surface area contributed by atoms with Gasteiger partial charge in [0.2, 0.25) is 0 Å². The Hall–Kier alpha value is -1.28. The molecule has 0 unspecified atom stereocenters. The minimum Gasteiger partial charge on any atom is -0.396 e. The van der Waals surface area contributed by atoms with E-state index in [9.17, 15) is 9.90 Å². The van der Waals surface area contributed by atoms with Gasteiger partial charge in [-0.1, -0.05) is 0 Å². The Kier molecular flexibility index (Phi) is 4.82. The highest BCUT2D eigenvalue weighted by Gasteiger charge is 2.33. The molecule has 1 aliphatic heterocycles. The first kappa shape index (κ1) is 16.6. The smallest absolute Gasteiger partial charge is 0.258 e. The van der Waals surface area contributed by atoms with Crippen LogP contribution in [0.4, 0.5) is 0 Å². The number of hydrogen-bond donors (Lipinski definition) is 1. The lowest BCUT2D eigenvalue weighted by Gasteiger charge is -2.38. The summed E-state index contributed by atoms with van der Waals surface area (Å²) in [6, 6.07) is 1.60. The summed E-state index contributed by atoms with van der Waals surface area (Å²) in [6.45, 7) is 4.92. The number of aromatic nitrogens is 2. The first-order chi connectivity index (χ1) is 11.0. The Balaban J connectivity index is 1.74. The number of ether oxygens (including phenoxy) is 1. The maximum Gasteiger partial charge on any atom is 0.258 e. The van der Waals surface area contributed by atoms with E-state index in [4.69, 9.17) is 4.74 Å². The normalized spacial score (nSPS) is 17.9. The van der Waals surface area contributed by atoms with Crippen LogP contribution >= 0.6 is 11.3 Å². The zero-order valence-corrected chi connectivity index (χ0v) is 14.4. The van der Waals surface area contributed by atoms with Gasteiger partial charge >= 0.3 is 0 Å². The van der Waals surface area contributed by atoms with Crippen LogP contribution in [0.2, 0.25) is 0 Å². The molecule has 2 aromatic heterocycles. The number of aliphatic hydroxyl groups excluding tert-OH is 1. The van der Waals surface area contributed by atoms with Crippen molar-refractivity contribution in [3.05, 3.63) is 33.2 Å². The molecule has 2 aromatic rings. The summed E-state index contributed by atoms with van der Waals surface area (Å²) >= 11 is 1.52. The van der Waals surface area contributed by atoms with Gasteiger partial charge in [0.15, 0.2) is 4.96 Å².